The molecule has 0 aromatic heterocycles. The molecule has 0 unspecified atom stereocenters. The molecule has 2 aromatic rings. The summed E-state index contributed by atoms with van der Waals surface area (Å²) in [6.07, 6.45) is 0. The minimum absolute atomic E-state index is 0.00208. The molecule has 0 saturated carbocycles. The fourth-order valence-electron chi connectivity index (χ4n) is 1.84. The van der Waals surface area contributed by atoms with Crippen LogP contribution in [0, 0.1) is 10.1 Å². The summed E-state index contributed by atoms with van der Waals surface area (Å²) >= 11 is 5.72. The molecule has 0 aliphatic heterocycles. The largest absolute Gasteiger partial charge is 0.508 e. The number of aromatic hydroxyl groups is 1. The lowest BCUT2D eigenvalue weighted by atomic mass is 10.1. The fourth-order valence-corrected chi connectivity index (χ4v) is 2.00. The Bertz CT molecular complexity index is 718. The van der Waals surface area contributed by atoms with Gasteiger partial charge in [0.1, 0.15) is 11.3 Å². The van der Waals surface area contributed by atoms with Gasteiger partial charge in [-0.25, -0.2) is 0 Å². The molecule has 1 N–H and O–H groups in total. The number of carbonyl (C=O) groups is 1. The van der Waals surface area contributed by atoms with Gasteiger partial charge in [0.15, 0.2) is 0 Å². The normalized spacial score (nSPS) is 10.2. The van der Waals surface area contributed by atoms with E-state index in [1.165, 1.54) is 36.2 Å². The van der Waals surface area contributed by atoms with Gasteiger partial charge >= 0.3 is 0 Å². The Kier molecular flexibility index (Phi) is 4.09. The van der Waals surface area contributed by atoms with E-state index in [1.807, 2.05) is 0 Å². The monoisotopic (exact) mass is 306 g/mol. The molecular formula is C14H11ClN2O4. The van der Waals surface area contributed by atoms with Crippen LogP contribution in [0.3, 0.4) is 0 Å². The van der Waals surface area contributed by atoms with Gasteiger partial charge in [-0.3, -0.25) is 14.9 Å². The molecule has 0 saturated heterocycles. The second-order valence-corrected chi connectivity index (χ2v) is 4.74. The zero-order valence-corrected chi connectivity index (χ0v) is 11.7. The third kappa shape index (κ3) is 3.11. The Morgan fingerprint density at radius 2 is 2.00 bits per heavy atom. The molecule has 0 radical (unpaired) electrons. The molecule has 6 nitrogen and oxygen atoms in total. The van der Waals surface area contributed by atoms with Gasteiger partial charge in [0, 0.05) is 29.9 Å². The number of phenolic OH excluding ortho intramolecular Hbond substituents is 1. The molecule has 0 heterocycles. The number of benzene rings is 2. The molecule has 1 amide bonds. The number of nitro groups is 1. The van der Waals surface area contributed by atoms with Crippen molar-refractivity contribution in [3.8, 4) is 5.75 Å². The SMILES string of the molecule is CN(C(=O)c1ccc(Cl)cc1[N+](=O)[O-])c1cccc(O)c1. The Balaban J connectivity index is 2.42. The van der Waals surface area contributed by atoms with Crippen LogP contribution < -0.4 is 4.90 Å². The summed E-state index contributed by atoms with van der Waals surface area (Å²) in [7, 11) is 1.47. The second-order valence-electron chi connectivity index (χ2n) is 4.30. The summed E-state index contributed by atoms with van der Waals surface area (Å²) in [5.74, 6) is -0.568. The summed E-state index contributed by atoms with van der Waals surface area (Å²) in [5, 5.41) is 20.6. The standard InChI is InChI=1S/C14H11ClN2O4/c1-16(10-3-2-4-11(18)8-10)14(19)12-6-5-9(15)7-13(12)17(20)21/h2-8,18H,1H3. The van der Waals surface area contributed by atoms with Gasteiger partial charge in [0.25, 0.3) is 11.6 Å². The predicted molar refractivity (Wildman–Crippen MR) is 78.9 cm³/mol. The molecule has 2 aromatic carbocycles. The Morgan fingerprint density at radius 3 is 2.62 bits per heavy atom. The van der Waals surface area contributed by atoms with E-state index in [0.717, 1.165) is 6.07 Å². The molecule has 2 rings (SSSR count). The summed E-state index contributed by atoms with van der Waals surface area (Å²) in [6.45, 7) is 0. The molecule has 0 atom stereocenters. The third-order valence-electron chi connectivity index (χ3n) is 2.91. The maximum absolute atomic E-state index is 12.4. The topological polar surface area (TPSA) is 83.7 Å². The number of hydrogen-bond acceptors (Lipinski definition) is 4. The highest BCUT2D eigenvalue weighted by Gasteiger charge is 2.24. The average Bonchev–Trinajstić information content (AvgIpc) is 2.45. The Morgan fingerprint density at radius 1 is 1.29 bits per heavy atom. The maximum atomic E-state index is 12.4. The van der Waals surface area contributed by atoms with Crippen LogP contribution in [0.5, 0.6) is 5.75 Å². The summed E-state index contributed by atoms with van der Waals surface area (Å²) in [4.78, 5) is 24.0. The van der Waals surface area contributed by atoms with E-state index >= 15 is 0 Å². The number of amides is 1. The van der Waals surface area contributed by atoms with E-state index in [9.17, 15) is 20.0 Å². The van der Waals surface area contributed by atoms with Crippen molar-refractivity contribution >= 4 is 28.9 Å². The predicted octanol–water partition coefficient (Wildman–Crippen LogP) is 3.23. The van der Waals surface area contributed by atoms with E-state index in [4.69, 9.17) is 11.6 Å². The van der Waals surface area contributed by atoms with Gasteiger partial charge in [-0.1, -0.05) is 17.7 Å². The van der Waals surface area contributed by atoms with Gasteiger partial charge in [-0.15, -0.1) is 0 Å². The minimum atomic E-state index is -0.657. The van der Waals surface area contributed by atoms with Crippen molar-refractivity contribution in [1.29, 1.82) is 0 Å². The van der Waals surface area contributed by atoms with E-state index in [2.05, 4.69) is 0 Å². The highest BCUT2D eigenvalue weighted by molar-refractivity contribution is 6.31. The summed E-state index contributed by atoms with van der Waals surface area (Å²) in [6, 6.07) is 9.89. The second kappa shape index (κ2) is 5.80. The lowest BCUT2D eigenvalue weighted by molar-refractivity contribution is -0.385. The number of phenols is 1. The van der Waals surface area contributed by atoms with Crippen LogP contribution in [-0.2, 0) is 0 Å². The maximum Gasteiger partial charge on any atom is 0.283 e. The smallest absolute Gasteiger partial charge is 0.283 e. The van der Waals surface area contributed by atoms with Crippen molar-refractivity contribution in [2.75, 3.05) is 11.9 Å². The summed E-state index contributed by atoms with van der Waals surface area (Å²) in [5.41, 5.74) is -0.0148. The molecule has 0 bridgehead atoms. The first-order valence-corrected chi connectivity index (χ1v) is 6.29. The molecule has 7 heteroatoms. The average molecular weight is 307 g/mol. The van der Waals surface area contributed by atoms with Crippen molar-refractivity contribution in [3.63, 3.8) is 0 Å². The third-order valence-corrected chi connectivity index (χ3v) is 3.14. The summed E-state index contributed by atoms with van der Waals surface area (Å²) < 4.78 is 0. The number of nitrogens with zero attached hydrogens (tertiary/aromatic N) is 2. The van der Waals surface area contributed by atoms with Crippen LogP contribution in [0.15, 0.2) is 42.5 Å². The zero-order valence-electron chi connectivity index (χ0n) is 11.0. The van der Waals surface area contributed by atoms with Crippen LogP contribution in [0.2, 0.25) is 5.02 Å². The van der Waals surface area contributed by atoms with Crippen LogP contribution in [0.1, 0.15) is 10.4 Å². The van der Waals surface area contributed by atoms with Crippen molar-refractivity contribution in [1.82, 2.24) is 0 Å². The number of anilines is 1. The van der Waals surface area contributed by atoms with Gasteiger partial charge in [0.05, 0.1) is 4.92 Å². The minimum Gasteiger partial charge on any atom is -0.508 e. The highest BCUT2D eigenvalue weighted by atomic mass is 35.5. The van der Waals surface area contributed by atoms with E-state index < -0.39 is 10.8 Å². The van der Waals surface area contributed by atoms with Crippen LogP contribution in [0.4, 0.5) is 11.4 Å². The van der Waals surface area contributed by atoms with Gasteiger partial charge in [-0.05, 0) is 24.3 Å². The molecule has 21 heavy (non-hydrogen) atoms. The number of carbonyl (C=O) groups excluding carboxylic acids is 1. The molecule has 0 aliphatic carbocycles. The first-order valence-electron chi connectivity index (χ1n) is 5.91. The lowest BCUT2D eigenvalue weighted by Crippen LogP contribution is -2.26. The van der Waals surface area contributed by atoms with Crippen LogP contribution >= 0.6 is 11.6 Å². The molecule has 108 valence electrons. The van der Waals surface area contributed by atoms with E-state index in [-0.39, 0.29) is 22.0 Å². The van der Waals surface area contributed by atoms with Crippen LogP contribution in [0.25, 0.3) is 0 Å². The van der Waals surface area contributed by atoms with Crippen molar-refractivity contribution in [2.45, 2.75) is 0 Å². The van der Waals surface area contributed by atoms with Gasteiger partial charge in [-0.2, -0.15) is 0 Å². The Hall–Kier alpha value is -2.60. The quantitative estimate of drug-likeness (QED) is 0.697. The molecule has 0 aliphatic rings. The molecule has 0 spiro atoms. The van der Waals surface area contributed by atoms with Crippen molar-refractivity contribution in [2.24, 2.45) is 0 Å². The number of halogens is 1. The Labute approximate surface area is 125 Å². The first kappa shape index (κ1) is 14.8. The number of rotatable bonds is 3. The number of hydrogen-bond donors (Lipinski definition) is 1. The lowest BCUT2D eigenvalue weighted by Gasteiger charge is -2.17. The highest BCUT2D eigenvalue weighted by Crippen LogP contribution is 2.27. The van der Waals surface area contributed by atoms with E-state index in [0.29, 0.717) is 5.69 Å². The fraction of sp³-hybridized carbons (Fsp3) is 0.0714. The first-order chi connectivity index (χ1) is 9.90. The van der Waals surface area contributed by atoms with Gasteiger partial charge in [0.2, 0.25) is 0 Å². The zero-order chi connectivity index (χ0) is 15.6. The van der Waals surface area contributed by atoms with Crippen molar-refractivity contribution in [3.05, 3.63) is 63.2 Å². The molecule has 0 fully saturated rings. The van der Waals surface area contributed by atoms with Crippen molar-refractivity contribution < 1.29 is 14.8 Å². The van der Waals surface area contributed by atoms with Crippen LogP contribution in [-0.4, -0.2) is 23.0 Å². The van der Waals surface area contributed by atoms with E-state index in [1.54, 1.807) is 12.1 Å². The number of nitro benzene ring substituents is 1. The molecular weight excluding hydrogens is 296 g/mol. The van der Waals surface area contributed by atoms with Gasteiger partial charge < -0.3 is 10.0 Å².